The topological polar surface area (TPSA) is 76.6 Å². The molecular weight excluding hydrogens is 325 g/mol. The summed E-state index contributed by atoms with van der Waals surface area (Å²) >= 11 is 5.60. The number of halogens is 4. The van der Waals surface area contributed by atoms with Gasteiger partial charge in [-0.1, -0.05) is 11.6 Å². The Morgan fingerprint density at radius 2 is 1.90 bits per heavy atom. The van der Waals surface area contributed by atoms with Crippen LogP contribution in [0.15, 0.2) is 12.1 Å². The molecule has 0 aliphatic carbocycles. The van der Waals surface area contributed by atoms with Crippen LogP contribution in [0.5, 0.6) is 5.88 Å². The molecular formula is C9H8ClF3N2O4S. The minimum atomic E-state index is -5.83. The molecule has 0 saturated heterocycles. The van der Waals surface area contributed by atoms with Gasteiger partial charge >= 0.3 is 15.6 Å². The zero-order valence-corrected chi connectivity index (χ0v) is 11.7. The van der Waals surface area contributed by atoms with E-state index in [9.17, 15) is 26.4 Å². The Morgan fingerprint density at radius 1 is 1.35 bits per heavy atom. The average Bonchev–Trinajstić information content (AvgIpc) is 2.26. The molecule has 0 bridgehead atoms. The van der Waals surface area contributed by atoms with Crippen molar-refractivity contribution in [3.63, 3.8) is 0 Å². The first kappa shape index (κ1) is 16.5. The highest BCUT2D eigenvalue weighted by Gasteiger charge is 2.48. The number of pyridine rings is 1. The summed E-state index contributed by atoms with van der Waals surface area (Å²) in [6.07, 6.45) is 0. The van der Waals surface area contributed by atoms with Crippen molar-refractivity contribution in [3.8, 4) is 5.88 Å². The summed E-state index contributed by atoms with van der Waals surface area (Å²) in [5.74, 6) is -1.43. The first-order valence-electron chi connectivity index (χ1n) is 4.84. The second-order valence-corrected chi connectivity index (χ2v) is 5.57. The van der Waals surface area contributed by atoms with Crippen molar-refractivity contribution >= 4 is 27.6 Å². The van der Waals surface area contributed by atoms with E-state index in [1.165, 1.54) is 14.1 Å². The Hall–Kier alpha value is -1.55. The molecule has 1 aromatic heterocycles. The number of hydrogen-bond donors (Lipinski definition) is 0. The molecule has 0 aliphatic rings. The van der Waals surface area contributed by atoms with E-state index in [-0.39, 0.29) is 5.56 Å². The van der Waals surface area contributed by atoms with Gasteiger partial charge in [-0.05, 0) is 6.07 Å². The summed E-state index contributed by atoms with van der Waals surface area (Å²) in [6, 6.07) is 1.81. The average molecular weight is 333 g/mol. The van der Waals surface area contributed by atoms with Gasteiger partial charge < -0.3 is 9.08 Å². The predicted octanol–water partition coefficient (Wildman–Crippen LogP) is 1.67. The van der Waals surface area contributed by atoms with E-state index in [2.05, 4.69) is 9.17 Å². The lowest BCUT2D eigenvalue weighted by Crippen LogP contribution is -2.28. The second-order valence-electron chi connectivity index (χ2n) is 3.67. The van der Waals surface area contributed by atoms with Crippen LogP contribution >= 0.6 is 11.6 Å². The summed E-state index contributed by atoms with van der Waals surface area (Å²) in [4.78, 5) is 16.0. The third-order valence-electron chi connectivity index (χ3n) is 1.94. The van der Waals surface area contributed by atoms with Crippen LogP contribution in [0, 0.1) is 0 Å². The lowest BCUT2D eigenvalue weighted by atomic mass is 10.2. The minimum Gasteiger partial charge on any atom is -0.355 e. The van der Waals surface area contributed by atoms with Gasteiger partial charge in [0.25, 0.3) is 5.91 Å². The molecule has 0 fully saturated rings. The largest absolute Gasteiger partial charge is 0.534 e. The van der Waals surface area contributed by atoms with Crippen molar-refractivity contribution in [2.75, 3.05) is 14.1 Å². The number of amides is 1. The number of aromatic nitrogens is 1. The molecule has 0 aromatic carbocycles. The van der Waals surface area contributed by atoms with Crippen LogP contribution in [0.25, 0.3) is 0 Å². The van der Waals surface area contributed by atoms with Crippen molar-refractivity contribution in [1.82, 2.24) is 9.88 Å². The summed E-state index contributed by atoms with van der Waals surface area (Å²) in [7, 11) is -2.98. The van der Waals surface area contributed by atoms with E-state index in [0.717, 1.165) is 17.0 Å². The molecule has 0 atom stereocenters. The molecule has 1 rings (SSSR count). The van der Waals surface area contributed by atoms with Crippen LogP contribution in [0.3, 0.4) is 0 Å². The molecule has 0 unspecified atom stereocenters. The van der Waals surface area contributed by atoms with Crippen molar-refractivity contribution in [3.05, 3.63) is 22.8 Å². The highest BCUT2D eigenvalue weighted by molar-refractivity contribution is 7.87. The van der Waals surface area contributed by atoms with E-state index in [4.69, 9.17) is 11.6 Å². The van der Waals surface area contributed by atoms with Gasteiger partial charge in [0, 0.05) is 20.2 Å². The van der Waals surface area contributed by atoms with Crippen LogP contribution in [0.2, 0.25) is 5.15 Å². The van der Waals surface area contributed by atoms with Crippen LogP contribution in [-0.4, -0.2) is 43.8 Å². The van der Waals surface area contributed by atoms with Crippen molar-refractivity contribution in [2.24, 2.45) is 0 Å². The fourth-order valence-corrected chi connectivity index (χ4v) is 1.66. The van der Waals surface area contributed by atoms with Crippen LogP contribution in [0.1, 0.15) is 10.4 Å². The van der Waals surface area contributed by atoms with Crippen molar-refractivity contribution < 1.29 is 30.6 Å². The summed E-state index contributed by atoms with van der Waals surface area (Å²) in [6.45, 7) is 0. The lowest BCUT2D eigenvalue weighted by molar-refractivity contribution is -0.0501. The van der Waals surface area contributed by atoms with Crippen molar-refractivity contribution in [2.45, 2.75) is 5.51 Å². The number of carbonyl (C=O) groups excluding carboxylic acids is 1. The maximum Gasteiger partial charge on any atom is 0.534 e. The van der Waals surface area contributed by atoms with Gasteiger partial charge in [0.2, 0.25) is 5.88 Å². The number of alkyl halides is 3. The highest BCUT2D eigenvalue weighted by atomic mass is 35.5. The van der Waals surface area contributed by atoms with Gasteiger partial charge in [-0.15, -0.1) is 0 Å². The zero-order valence-electron chi connectivity index (χ0n) is 10.1. The second kappa shape index (κ2) is 5.44. The van der Waals surface area contributed by atoms with Gasteiger partial charge in [0.15, 0.2) is 0 Å². The van der Waals surface area contributed by atoms with E-state index >= 15 is 0 Å². The van der Waals surface area contributed by atoms with E-state index in [1.807, 2.05) is 0 Å². The number of hydrogen-bond acceptors (Lipinski definition) is 5. The maximum absolute atomic E-state index is 12.1. The molecule has 1 aromatic rings. The molecule has 0 saturated carbocycles. The standard InChI is InChI=1S/C9H8ClF3N2O4S/c1-15(2)8(16)5-3-4-6(14-7(5)10)19-20(17,18)9(11,12)13/h3-4H,1-2H3. The molecule has 1 heterocycles. The minimum absolute atomic E-state index is 0.103. The van der Waals surface area contributed by atoms with Crippen LogP contribution in [-0.2, 0) is 10.1 Å². The quantitative estimate of drug-likeness (QED) is 0.478. The zero-order chi connectivity index (χ0) is 15.7. The lowest BCUT2D eigenvalue weighted by Gasteiger charge is -2.12. The molecule has 0 N–H and O–H groups in total. The van der Waals surface area contributed by atoms with E-state index in [1.54, 1.807) is 0 Å². The molecule has 0 aliphatic heterocycles. The Morgan fingerprint density at radius 3 is 2.30 bits per heavy atom. The Kier molecular flexibility index (Phi) is 4.49. The number of carbonyl (C=O) groups is 1. The van der Waals surface area contributed by atoms with Gasteiger partial charge in [-0.3, -0.25) is 4.79 Å². The number of rotatable bonds is 3. The van der Waals surface area contributed by atoms with Gasteiger partial charge in [-0.2, -0.15) is 26.6 Å². The van der Waals surface area contributed by atoms with Crippen LogP contribution in [0.4, 0.5) is 13.2 Å². The Balaban J connectivity index is 3.09. The third kappa shape index (κ3) is 3.51. The molecule has 0 spiro atoms. The summed E-state index contributed by atoms with van der Waals surface area (Å²) in [5.41, 5.74) is -5.69. The predicted molar refractivity (Wildman–Crippen MR) is 62.9 cm³/mol. The van der Waals surface area contributed by atoms with E-state index < -0.39 is 32.6 Å². The fraction of sp³-hybridized carbons (Fsp3) is 0.333. The van der Waals surface area contributed by atoms with Gasteiger partial charge in [-0.25, -0.2) is 0 Å². The normalized spacial score (nSPS) is 12.1. The Labute approximate surface area is 117 Å². The van der Waals surface area contributed by atoms with E-state index in [0.29, 0.717) is 0 Å². The smallest absolute Gasteiger partial charge is 0.355 e. The fourth-order valence-electron chi connectivity index (χ4n) is 1.02. The molecule has 0 radical (unpaired) electrons. The number of nitrogens with zero attached hydrogens (tertiary/aromatic N) is 2. The first-order valence-corrected chi connectivity index (χ1v) is 6.63. The summed E-state index contributed by atoms with van der Waals surface area (Å²) in [5, 5.41) is -0.474. The first-order chi connectivity index (χ1) is 8.95. The molecule has 112 valence electrons. The molecule has 1 amide bonds. The van der Waals surface area contributed by atoms with Gasteiger partial charge in [0.1, 0.15) is 5.15 Å². The summed E-state index contributed by atoms with van der Waals surface area (Å²) < 4.78 is 61.6. The molecule has 11 heteroatoms. The maximum atomic E-state index is 12.1. The van der Waals surface area contributed by atoms with Gasteiger partial charge in [0.05, 0.1) is 5.56 Å². The molecule has 20 heavy (non-hydrogen) atoms. The monoisotopic (exact) mass is 332 g/mol. The van der Waals surface area contributed by atoms with Crippen molar-refractivity contribution in [1.29, 1.82) is 0 Å². The van der Waals surface area contributed by atoms with Crippen LogP contribution < -0.4 is 4.18 Å². The SMILES string of the molecule is CN(C)C(=O)c1ccc(OS(=O)(=O)C(F)(F)F)nc1Cl. The highest BCUT2D eigenvalue weighted by Crippen LogP contribution is 2.27. The Bertz CT molecular complexity index is 631. The third-order valence-corrected chi connectivity index (χ3v) is 3.18. The molecule has 6 nitrogen and oxygen atoms in total.